The number of carbonyl (C=O) groups excluding carboxylic acids is 2. The van der Waals surface area contributed by atoms with Crippen molar-refractivity contribution >= 4 is 12.1 Å². The molecule has 1 saturated heterocycles. The molecule has 1 amide bonds. The van der Waals surface area contributed by atoms with Gasteiger partial charge in [-0.3, -0.25) is 4.90 Å². The zero-order valence-corrected chi connectivity index (χ0v) is 15.2. The standard InChI is InChI=1S/C18H26N2O6/c1-3-25-18(23)20-10-8-19(9-11-20)12-15(21)13-26-16-6-4-14(5-7-16)17(22)24-2/h4-7,15,21H,3,8-13H2,1-2H3/t15-/m0/s1. The van der Waals surface area contributed by atoms with Crippen LogP contribution in [0.3, 0.4) is 0 Å². The van der Waals surface area contributed by atoms with Crippen molar-refractivity contribution in [1.29, 1.82) is 0 Å². The molecule has 0 spiro atoms. The highest BCUT2D eigenvalue weighted by atomic mass is 16.6. The SMILES string of the molecule is CCOC(=O)N1CCN(C[C@H](O)COc2ccc(C(=O)OC)cc2)CC1. The van der Waals surface area contributed by atoms with Crippen molar-refractivity contribution in [1.82, 2.24) is 9.80 Å². The number of β-amino-alcohol motifs (C(OH)–C–C–N with tert-alkyl or cyclic N) is 1. The average molecular weight is 366 g/mol. The van der Waals surface area contributed by atoms with Gasteiger partial charge < -0.3 is 24.2 Å². The number of nitrogens with zero attached hydrogens (tertiary/aromatic N) is 2. The number of hydrogen-bond donors (Lipinski definition) is 1. The fraction of sp³-hybridized carbons (Fsp3) is 0.556. The summed E-state index contributed by atoms with van der Waals surface area (Å²) in [6.45, 7) is 5.31. The van der Waals surface area contributed by atoms with Gasteiger partial charge in [-0.2, -0.15) is 0 Å². The van der Waals surface area contributed by atoms with Crippen LogP contribution in [0.25, 0.3) is 0 Å². The third kappa shape index (κ3) is 5.89. The van der Waals surface area contributed by atoms with Crippen LogP contribution in [0.2, 0.25) is 0 Å². The van der Waals surface area contributed by atoms with Crippen LogP contribution >= 0.6 is 0 Å². The molecule has 1 aliphatic heterocycles. The summed E-state index contributed by atoms with van der Waals surface area (Å²) in [6.07, 6.45) is -0.934. The van der Waals surface area contributed by atoms with Gasteiger partial charge in [-0.05, 0) is 31.2 Å². The van der Waals surface area contributed by atoms with Gasteiger partial charge >= 0.3 is 12.1 Å². The molecule has 0 unspecified atom stereocenters. The number of piperazine rings is 1. The molecule has 0 saturated carbocycles. The molecule has 1 heterocycles. The van der Waals surface area contributed by atoms with E-state index in [1.54, 1.807) is 36.1 Å². The van der Waals surface area contributed by atoms with E-state index < -0.39 is 12.1 Å². The molecule has 1 fully saturated rings. The van der Waals surface area contributed by atoms with Gasteiger partial charge in [-0.1, -0.05) is 0 Å². The Morgan fingerprint density at radius 2 is 1.81 bits per heavy atom. The Labute approximate surface area is 153 Å². The molecule has 0 radical (unpaired) electrons. The number of rotatable bonds is 7. The molecule has 0 bridgehead atoms. The monoisotopic (exact) mass is 366 g/mol. The summed E-state index contributed by atoms with van der Waals surface area (Å²) in [5.41, 5.74) is 0.444. The average Bonchev–Trinajstić information content (AvgIpc) is 2.67. The predicted molar refractivity (Wildman–Crippen MR) is 94.3 cm³/mol. The first-order valence-corrected chi connectivity index (χ1v) is 8.66. The van der Waals surface area contributed by atoms with E-state index in [0.717, 1.165) is 0 Å². The molecule has 8 heteroatoms. The molecule has 1 atom stereocenters. The Balaban J connectivity index is 1.70. The Hall–Kier alpha value is -2.32. The van der Waals surface area contributed by atoms with Gasteiger partial charge in [0.25, 0.3) is 0 Å². The number of ether oxygens (including phenoxy) is 3. The van der Waals surface area contributed by atoms with E-state index >= 15 is 0 Å². The third-order valence-corrected chi connectivity index (χ3v) is 4.09. The van der Waals surface area contributed by atoms with E-state index in [-0.39, 0.29) is 12.7 Å². The Morgan fingerprint density at radius 1 is 1.15 bits per heavy atom. The summed E-state index contributed by atoms with van der Waals surface area (Å²) in [5, 5.41) is 10.2. The van der Waals surface area contributed by atoms with Gasteiger partial charge in [0.05, 0.1) is 19.3 Å². The first-order valence-electron chi connectivity index (χ1n) is 8.66. The number of methoxy groups -OCH3 is 1. The molecule has 1 aliphatic rings. The second-order valence-corrected chi connectivity index (χ2v) is 5.97. The topological polar surface area (TPSA) is 88.5 Å². The number of amides is 1. The highest BCUT2D eigenvalue weighted by Crippen LogP contribution is 2.13. The lowest BCUT2D eigenvalue weighted by Gasteiger charge is -2.34. The minimum atomic E-state index is -0.649. The van der Waals surface area contributed by atoms with Crippen LogP contribution < -0.4 is 4.74 Å². The first kappa shape index (κ1) is 20.0. The second-order valence-electron chi connectivity index (χ2n) is 5.97. The zero-order valence-electron chi connectivity index (χ0n) is 15.2. The van der Waals surface area contributed by atoms with Gasteiger partial charge in [0.15, 0.2) is 0 Å². The van der Waals surface area contributed by atoms with E-state index in [2.05, 4.69) is 9.64 Å². The third-order valence-electron chi connectivity index (χ3n) is 4.09. The number of aliphatic hydroxyl groups is 1. The molecule has 1 aromatic carbocycles. The summed E-state index contributed by atoms with van der Waals surface area (Å²) < 4.78 is 15.2. The maximum atomic E-state index is 11.7. The fourth-order valence-electron chi connectivity index (χ4n) is 2.68. The smallest absolute Gasteiger partial charge is 0.409 e. The summed E-state index contributed by atoms with van der Waals surface area (Å²) in [4.78, 5) is 26.8. The van der Waals surface area contributed by atoms with Crippen LogP contribution in [-0.2, 0) is 9.47 Å². The molecule has 8 nitrogen and oxygen atoms in total. The lowest BCUT2D eigenvalue weighted by Crippen LogP contribution is -2.51. The number of aliphatic hydroxyl groups excluding tert-OH is 1. The van der Waals surface area contributed by atoms with Crippen LogP contribution in [0, 0.1) is 0 Å². The van der Waals surface area contributed by atoms with Crippen LogP contribution in [0.4, 0.5) is 4.79 Å². The summed E-state index contributed by atoms with van der Waals surface area (Å²) in [5.74, 6) is 0.169. The van der Waals surface area contributed by atoms with Crippen molar-refractivity contribution < 1.29 is 28.9 Å². The normalized spacial score (nSPS) is 16.0. The molecular weight excluding hydrogens is 340 g/mol. The molecule has 0 aliphatic carbocycles. The largest absolute Gasteiger partial charge is 0.491 e. The Bertz CT molecular complexity index is 584. The molecule has 144 valence electrons. The van der Waals surface area contributed by atoms with E-state index in [1.165, 1.54) is 7.11 Å². The summed E-state index contributed by atoms with van der Waals surface area (Å²) in [7, 11) is 1.33. The number of benzene rings is 1. The van der Waals surface area contributed by atoms with Gasteiger partial charge in [0, 0.05) is 32.7 Å². The highest BCUT2D eigenvalue weighted by molar-refractivity contribution is 5.89. The van der Waals surface area contributed by atoms with Crippen molar-refractivity contribution in [2.45, 2.75) is 13.0 Å². The van der Waals surface area contributed by atoms with E-state index in [9.17, 15) is 14.7 Å². The van der Waals surface area contributed by atoms with Crippen molar-refractivity contribution in [2.24, 2.45) is 0 Å². The van der Waals surface area contributed by atoms with Crippen molar-refractivity contribution in [3.8, 4) is 5.75 Å². The molecule has 0 aromatic heterocycles. The number of hydrogen-bond acceptors (Lipinski definition) is 7. The second kappa shape index (κ2) is 9.98. The van der Waals surface area contributed by atoms with Gasteiger partial charge in [0.1, 0.15) is 18.5 Å². The molecule has 2 rings (SSSR count). The summed E-state index contributed by atoms with van der Waals surface area (Å²) >= 11 is 0. The fourth-order valence-corrected chi connectivity index (χ4v) is 2.68. The first-order chi connectivity index (χ1) is 12.5. The Morgan fingerprint density at radius 3 is 2.38 bits per heavy atom. The van der Waals surface area contributed by atoms with Gasteiger partial charge in [0.2, 0.25) is 0 Å². The Kier molecular flexibility index (Phi) is 7.68. The zero-order chi connectivity index (χ0) is 18.9. The van der Waals surface area contributed by atoms with Crippen molar-refractivity contribution in [3.05, 3.63) is 29.8 Å². The van der Waals surface area contributed by atoms with Crippen LogP contribution in [0.1, 0.15) is 17.3 Å². The van der Waals surface area contributed by atoms with Crippen LogP contribution in [-0.4, -0.2) is 86.1 Å². The van der Waals surface area contributed by atoms with E-state index in [0.29, 0.717) is 50.6 Å². The van der Waals surface area contributed by atoms with Crippen molar-refractivity contribution in [2.75, 3.05) is 53.0 Å². The van der Waals surface area contributed by atoms with E-state index in [4.69, 9.17) is 9.47 Å². The summed E-state index contributed by atoms with van der Waals surface area (Å²) in [6, 6.07) is 6.55. The lowest BCUT2D eigenvalue weighted by molar-refractivity contribution is 0.0407. The van der Waals surface area contributed by atoms with Crippen LogP contribution in [0.15, 0.2) is 24.3 Å². The lowest BCUT2D eigenvalue weighted by atomic mass is 10.2. The maximum absolute atomic E-state index is 11.7. The minimum Gasteiger partial charge on any atom is -0.491 e. The number of esters is 1. The van der Waals surface area contributed by atoms with Gasteiger partial charge in [-0.25, -0.2) is 9.59 Å². The van der Waals surface area contributed by atoms with E-state index in [1.807, 2.05) is 0 Å². The molecule has 1 aromatic rings. The molecule has 26 heavy (non-hydrogen) atoms. The highest BCUT2D eigenvalue weighted by Gasteiger charge is 2.23. The maximum Gasteiger partial charge on any atom is 0.409 e. The predicted octanol–water partition coefficient (Wildman–Crippen LogP) is 0.987. The quantitative estimate of drug-likeness (QED) is 0.720. The number of carbonyl (C=O) groups is 2. The van der Waals surface area contributed by atoms with Crippen LogP contribution in [0.5, 0.6) is 5.75 Å². The van der Waals surface area contributed by atoms with Crippen molar-refractivity contribution in [3.63, 3.8) is 0 Å². The van der Waals surface area contributed by atoms with Gasteiger partial charge in [-0.15, -0.1) is 0 Å². The molecular formula is C18H26N2O6. The minimum absolute atomic E-state index is 0.148. The molecule has 1 N–H and O–H groups in total.